The van der Waals surface area contributed by atoms with E-state index in [1.807, 2.05) is 4.90 Å². The van der Waals surface area contributed by atoms with Crippen LogP contribution in [0.15, 0.2) is 6.20 Å². The fraction of sp³-hybridized carbons (Fsp3) is 0.778. The summed E-state index contributed by atoms with van der Waals surface area (Å²) >= 11 is 0. The Morgan fingerprint density at radius 1 is 1.12 bits per heavy atom. The van der Waals surface area contributed by atoms with Crippen LogP contribution in [0.4, 0.5) is 0 Å². The summed E-state index contributed by atoms with van der Waals surface area (Å²) in [5.41, 5.74) is 0.309. The number of aromatic nitrogens is 3. The molecule has 3 aliphatic rings. The normalized spacial score (nSPS) is 26.6. The lowest BCUT2D eigenvalue weighted by Gasteiger charge is -2.21. The van der Waals surface area contributed by atoms with Crippen molar-refractivity contribution in [3.8, 4) is 0 Å². The van der Waals surface area contributed by atoms with E-state index in [9.17, 15) is 9.59 Å². The molecule has 4 rings (SSSR count). The molecule has 2 atom stereocenters. The SMILES string of the molecule is O=C(N[C@@H]1C[C@@H]1C1CCCCC1)c1cn(CC(=O)N2CCCC2)nn1. The molecule has 1 aromatic heterocycles. The third-order valence-electron chi connectivity index (χ3n) is 5.94. The Kier molecular flexibility index (Phi) is 4.72. The average molecular weight is 345 g/mol. The van der Waals surface area contributed by atoms with Gasteiger partial charge in [0.15, 0.2) is 5.69 Å². The highest BCUT2D eigenvalue weighted by Crippen LogP contribution is 2.44. The summed E-state index contributed by atoms with van der Waals surface area (Å²) in [4.78, 5) is 26.3. The van der Waals surface area contributed by atoms with Crippen molar-refractivity contribution in [2.24, 2.45) is 11.8 Å². The maximum atomic E-state index is 12.4. The minimum absolute atomic E-state index is 0.0499. The second kappa shape index (κ2) is 7.14. The highest BCUT2D eigenvalue weighted by Gasteiger charge is 2.44. The number of carbonyl (C=O) groups excluding carboxylic acids is 2. The molecule has 0 aromatic carbocycles. The summed E-state index contributed by atoms with van der Waals surface area (Å²) in [6.45, 7) is 1.81. The van der Waals surface area contributed by atoms with Crippen LogP contribution >= 0.6 is 0 Å². The van der Waals surface area contributed by atoms with Crippen LogP contribution in [0, 0.1) is 11.8 Å². The first-order valence-electron chi connectivity index (χ1n) is 9.69. The van der Waals surface area contributed by atoms with Gasteiger partial charge in [0.1, 0.15) is 6.54 Å². The van der Waals surface area contributed by atoms with Crippen LogP contribution in [0.3, 0.4) is 0 Å². The van der Waals surface area contributed by atoms with Crippen LogP contribution in [0.2, 0.25) is 0 Å². The third kappa shape index (κ3) is 3.85. The van der Waals surface area contributed by atoms with Gasteiger partial charge in [0.25, 0.3) is 5.91 Å². The number of hydrogen-bond acceptors (Lipinski definition) is 4. The molecule has 0 radical (unpaired) electrons. The van der Waals surface area contributed by atoms with Gasteiger partial charge < -0.3 is 10.2 Å². The zero-order valence-electron chi connectivity index (χ0n) is 14.7. The number of nitrogens with one attached hydrogen (secondary N) is 1. The quantitative estimate of drug-likeness (QED) is 0.879. The fourth-order valence-corrected chi connectivity index (χ4v) is 4.39. The first-order valence-corrected chi connectivity index (χ1v) is 9.69. The lowest BCUT2D eigenvalue weighted by atomic mass is 9.85. The minimum atomic E-state index is -0.164. The van der Waals surface area contributed by atoms with Gasteiger partial charge in [-0.3, -0.25) is 9.59 Å². The zero-order chi connectivity index (χ0) is 17.2. The molecule has 0 unspecified atom stereocenters. The van der Waals surface area contributed by atoms with Crippen molar-refractivity contribution in [2.75, 3.05) is 13.1 Å². The highest BCUT2D eigenvalue weighted by atomic mass is 16.2. The molecule has 7 nitrogen and oxygen atoms in total. The molecule has 1 N–H and O–H groups in total. The van der Waals surface area contributed by atoms with Crippen molar-refractivity contribution in [1.29, 1.82) is 0 Å². The summed E-state index contributed by atoms with van der Waals surface area (Å²) in [7, 11) is 0. The van der Waals surface area contributed by atoms with Crippen molar-refractivity contribution in [3.63, 3.8) is 0 Å². The molecular weight excluding hydrogens is 318 g/mol. The molecule has 136 valence electrons. The van der Waals surface area contributed by atoms with E-state index >= 15 is 0 Å². The number of likely N-dealkylation sites (tertiary alicyclic amines) is 1. The zero-order valence-corrected chi connectivity index (χ0v) is 14.7. The lowest BCUT2D eigenvalue weighted by molar-refractivity contribution is -0.130. The number of amides is 2. The van der Waals surface area contributed by atoms with E-state index in [0.717, 1.165) is 38.3 Å². The molecule has 1 aliphatic heterocycles. The van der Waals surface area contributed by atoms with Crippen molar-refractivity contribution < 1.29 is 9.59 Å². The molecule has 1 aromatic rings. The summed E-state index contributed by atoms with van der Waals surface area (Å²) in [5, 5.41) is 11.0. The average Bonchev–Trinajstić information content (AvgIpc) is 3.05. The first kappa shape index (κ1) is 16.5. The van der Waals surface area contributed by atoms with Gasteiger partial charge in [0.05, 0.1) is 6.20 Å². The van der Waals surface area contributed by atoms with E-state index < -0.39 is 0 Å². The molecule has 2 heterocycles. The molecule has 0 spiro atoms. The predicted octanol–water partition coefficient (Wildman–Crippen LogP) is 1.60. The van der Waals surface area contributed by atoms with Gasteiger partial charge in [0.2, 0.25) is 5.91 Å². The number of hydrogen-bond donors (Lipinski definition) is 1. The van der Waals surface area contributed by atoms with Crippen LogP contribution in [-0.4, -0.2) is 50.8 Å². The summed E-state index contributed by atoms with van der Waals surface area (Å²) in [6, 6.07) is 0.298. The van der Waals surface area contributed by atoms with Crippen molar-refractivity contribution >= 4 is 11.8 Å². The van der Waals surface area contributed by atoms with E-state index in [0.29, 0.717) is 17.7 Å². The summed E-state index contributed by atoms with van der Waals surface area (Å²) < 4.78 is 1.47. The Morgan fingerprint density at radius 2 is 1.88 bits per heavy atom. The van der Waals surface area contributed by atoms with E-state index in [1.165, 1.54) is 36.8 Å². The molecule has 2 aliphatic carbocycles. The Bertz CT molecular complexity index is 631. The van der Waals surface area contributed by atoms with Gasteiger partial charge in [-0.05, 0) is 31.1 Å². The highest BCUT2D eigenvalue weighted by molar-refractivity contribution is 5.92. The summed E-state index contributed by atoms with van der Waals surface area (Å²) in [6.07, 6.45) is 11.5. The van der Waals surface area contributed by atoms with Gasteiger partial charge in [-0.25, -0.2) is 4.68 Å². The second-order valence-corrected chi connectivity index (χ2v) is 7.77. The van der Waals surface area contributed by atoms with Crippen molar-refractivity contribution in [2.45, 2.75) is 64.0 Å². The van der Waals surface area contributed by atoms with Crippen LogP contribution in [0.1, 0.15) is 61.9 Å². The largest absolute Gasteiger partial charge is 0.348 e. The maximum Gasteiger partial charge on any atom is 0.273 e. The number of rotatable bonds is 5. The smallest absolute Gasteiger partial charge is 0.273 e. The maximum absolute atomic E-state index is 12.4. The summed E-state index contributed by atoms with van der Waals surface area (Å²) in [5.74, 6) is 1.32. The molecular formula is C18H27N5O2. The van der Waals surface area contributed by atoms with Crippen LogP contribution in [0.25, 0.3) is 0 Å². The van der Waals surface area contributed by atoms with E-state index in [4.69, 9.17) is 0 Å². The Balaban J connectivity index is 1.27. The molecule has 7 heteroatoms. The Morgan fingerprint density at radius 3 is 2.64 bits per heavy atom. The Labute approximate surface area is 148 Å². The number of nitrogens with zero attached hydrogens (tertiary/aromatic N) is 4. The van der Waals surface area contributed by atoms with Crippen LogP contribution in [0.5, 0.6) is 0 Å². The van der Waals surface area contributed by atoms with Crippen LogP contribution < -0.4 is 5.32 Å². The molecule has 1 saturated heterocycles. The first-order chi connectivity index (χ1) is 12.2. The van der Waals surface area contributed by atoms with E-state index in [2.05, 4.69) is 15.6 Å². The van der Waals surface area contributed by atoms with Crippen molar-refractivity contribution in [3.05, 3.63) is 11.9 Å². The fourth-order valence-electron chi connectivity index (χ4n) is 4.39. The molecule has 25 heavy (non-hydrogen) atoms. The monoisotopic (exact) mass is 345 g/mol. The van der Waals surface area contributed by atoms with Gasteiger partial charge in [-0.2, -0.15) is 0 Å². The van der Waals surface area contributed by atoms with Gasteiger partial charge in [-0.15, -0.1) is 5.10 Å². The van der Waals surface area contributed by atoms with Crippen molar-refractivity contribution in [1.82, 2.24) is 25.2 Å². The Hall–Kier alpha value is -1.92. The molecule has 3 fully saturated rings. The standard InChI is InChI=1S/C18H27N5O2/c24-17(22-8-4-5-9-22)12-23-11-16(20-21-23)18(25)19-15-10-14(15)13-6-2-1-3-7-13/h11,13-15H,1-10,12H2,(H,19,25)/t14-,15-/m1/s1. The minimum Gasteiger partial charge on any atom is -0.348 e. The second-order valence-electron chi connectivity index (χ2n) is 7.77. The molecule has 2 saturated carbocycles. The van der Waals surface area contributed by atoms with Gasteiger partial charge >= 0.3 is 0 Å². The number of carbonyl (C=O) groups is 2. The molecule has 0 bridgehead atoms. The van der Waals surface area contributed by atoms with Gasteiger partial charge in [-0.1, -0.05) is 37.3 Å². The topological polar surface area (TPSA) is 80.1 Å². The van der Waals surface area contributed by atoms with Gasteiger partial charge in [0, 0.05) is 19.1 Å². The van der Waals surface area contributed by atoms with E-state index in [-0.39, 0.29) is 18.4 Å². The lowest BCUT2D eigenvalue weighted by Crippen LogP contribution is -2.31. The predicted molar refractivity (Wildman–Crippen MR) is 91.8 cm³/mol. The van der Waals surface area contributed by atoms with E-state index in [1.54, 1.807) is 6.20 Å². The molecule has 2 amide bonds. The van der Waals surface area contributed by atoms with Crippen LogP contribution in [-0.2, 0) is 11.3 Å². The third-order valence-corrected chi connectivity index (χ3v) is 5.94.